The molecule has 0 amide bonds. The van der Waals surface area contributed by atoms with Crippen molar-refractivity contribution in [2.45, 2.75) is 19.5 Å². The van der Waals surface area contributed by atoms with Gasteiger partial charge in [0.05, 0.1) is 5.51 Å². The minimum Gasteiger partial charge on any atom is -0.308 e. The second-order valence-electron chi connectivity index (χ2n) is 2.99. The first-order valence-corrected chi connectivity index (χ1v) is 6.70. The number of aromatic nitrogens is 1. The van der Waals surface area contributed by atoms with Crippen LogP contribution in [0.25, 0.3) is 0 Å². The molecule has 2 atom stereocenters. The van der Waals surface area contributed by atoms with E-state index in [1.165, 1.54) is 4.88 Å². The fraction of sp³-hybridized carbons (Fsp3) is 0.625. The van der Waals surface area contributed by atoms with Gasteiger partial charge in [-0.1, -0.05) is 0 Å². The standard InChI is InChI=1S/C8H14N2OS2/c1-7(5-13(2)11)10-4-8-3-9-6-12-8/h3,6-7,10H,4-5H2,1-2H3. The molecule has 2 unspecified atom stereocenters. The van der Waals surface area contributed by atoms with Crippen LogP contribution in [0.4, 0.5) is 0 Å². The van der Waals surface area contributed by atoms with Crippen molar-refractivity contribution in [3.05, 3.63) is 16.6 Å². The molecule has 74 valence electrons. The molecule has 0 saturated carbocycles. The number of hydrogen-bond donors (Lipinski definition) is 1. The molecule has 0 aliphatic carbocycles. The third-order valence-electron chi connectivity index (χ3n) is 1.59. The maximum atomic E-state index is 10.9. The normalized spacial score (nSPS) is 15.5. The van der Waals surface area contributed by atoms with E-state index in [9.17, 15) is 4.21 Å². The summed E-state index contributed by atoms with van der Waals surface area (Å²) < 4.78 is 10.9. The van der Waals surface area contributed by atoms with Gasteiger partial charge < -0.3 is 5.32 Å². The summed E-state index contributed by atoms with van der Waals surface area (Å²) in [7, 11) is -0.719. The second-order valence-corrected chi connectivity index (χ2v) is 5.44. The molecule has 13 heavy (non-hydrogen) atoms. The SMILES string of the molecule is CC(CS(C)=O)NCc1cncs1. The lowest BCUT2D eigenvalue weighted by atomic mass is 10.4. The third-order valence-corrected chi connectivity index (χ3v) is 3.34. The Morgan fingerprint density at radius 3 is 3.08 bits per heavy atom. The van der Waals surface area contributed by atoms with Crippen LogP contribution in [0.3, 0.4) is 0 Å². The number of nitrogens with zero attached hydrogens (tertiary/aromatic N) is 1. The van der Waals surface area contributed by atoms with E-state index >= 15 is 0 Å². The molecule has 0 radical (unpaired) electrons. The Balaban J connectivity index is 2.22. The van der Waals surface area contributed by atoms with Gasteiger partial charge in [-0.15, -0.1) is 11.3 Å². The lowest BCUT2D eigenvalue weighted by Crippen LogP contribution is -2.30. The van der Waals surface area contributed by atoms with Crippen LogP contribution in [-0.2, 0) is 17.3 Å². The molecule has 3 nitrogen and oxygen atoms in total. The molecule has 1 rings (SSSR count). The van der Waals surface area contributed by atoms with Crippen LogP contribution in [0.5, 0.6) is 0 Å². The molecule has 0 spiro atoms. The van der Waals surface area contributed by atoms with Crippen molar-refractivity contribution in [3.63, 3.8) is 0 Å². The number of nitrogens with one attached hydrogen (secondary N) is 1. The minimum atomic E-state index is -0.719. The predicted octanol–water partition coefficient (Wildman–Crippen LogP) is 1.000. The van der Waals surface area contributed by atoms with Crippen molar-refractivity contribution in [2.24, 2.45) is 0 Å². The molecule has 0 aromatic carbocycles. The fourth-order valence-electron chi connectivity index (χ4n) is 1.02. The van der Waals surface area contributed by atoms with Crippen LogP contribution in [0.15, 0.2) is 11.7 Å². The Labute approximate surface area is 85.0 Å². The van der Waals surface area contributed by atoms with E-state index in [0.29, 0.717) is 11.8 Å². The minimum absolute atomic E-state index is 0.299. The molecular weight excluding hydrogens is 204 g/mol. The maximum absolute atomic E-state index is 10.9. The van der Waals surface area contributed by atoms with Gasteiger partial charge in [-0.05, 0) is 6.92 Å². The van der Waals surface area contributed by atoms with Crippen molar-refractivity contribution < 1.29 is 4.21 Å². The highest BCUT2D eigenvalue weighted by atomic mass is 32.2. The van der Waals surface area contributed by atoms with Gasteiger partial charge in [0.2, 0.25) is 0 Å². The van der Waals surface area contributed by atoms with E-state index in [0.717, 1.165) is 6.54 Å². The fourth-order valence-corrected chi connectivity index (χ4v) is 2.38. The predicted molar refractivity (Wildman–Crippen MR) is 57.3 cm³/mol. The molecule has 1 N–H and O–H groups in total. The monoisotopic (exact) mass is 218 g/mol. The van der Waals surface area contributed by atoms with E-state index in [-0.39, 0.29) is 0 Å². The quantitative estimate of drug-likeness (QED) is 0.801. The van der Waals surface area contributed by atoms with Crippen molar-refractivity contribution in [3.8, 4) is 0 Å². The van der Waals surface area contributed by atoms with Gasteiger partial charge in [-0.2, -0.15) is 0 Å². The van der Waals surface area contributed by atoms with Crippen molar-refractivity contribution >= 4 is 22.1 Å². The lowest BCUT2D eigenvalue weighted by Gasteiger charge is -2.10. The van der Waals surface area contributed by atoms with E-state index < -0.39 is 10.8 Å². The Bertz CT molecular complexity index is 261. The molecule has 0 aliphatic rings. The van der Waals surface area contributed by atoms with Gasteiger partial charge in [-0.25, -0.2) is 0 Å². The van der Waals surface area contributed by atoms with Gasteiger partial charge in [0, 0.05) is 46.5 Å². The molecule has 5 heteroatoms. The zero-order valence-corrected chi connectivity index (χ0v) is 9.45. The summed E-state index contributed by atoms with van der Waals surface area (Å²) in [6, 6.07) is 0.299. The van der Waals surface area contributed by atoms with E-state index in [2.05, 4.69) is 10.3 Å². The Hall–Kier alpha value is -0.260. The van der Waals surface area contributed by atoms with Crippen LogP contribution in [0.2, 0.25) is 0 Å². The summed E-state index contributed by atoms with van der Waals surface area (Å²) in [5.41, 5.74) is 1.82. The van der Waals surface area contributed by atoms with Gasteiger partial charge in [-0.3, -0.25) is 9.19 Å². The summed E-state index contributed by atoms with van der Waals surface area (Å²) >= 11 is 1.63. The zero-order chi connectivity index (χ0) is 9.68. The first kappa shape index (κ1) is 10.8. The highest BCUT2D eigenvalue weighted by Gasteiger charge is 2.03. The number of rotatable bonds is 5. The van der Waals surface area contributed by atoms with Crippen LogP contribution < -0.4 is 5.32 Å². The van der Waals surface area contributed by atoms with Crippen molar-refractivity contribution in [1.29, 1.82) is 0 Å². The molecule has 1 aromatic rings. The van der Waals surface area contributed by atoms with Gasteiger partial charge in [0.1, 0.15) is 0 Å². The average molecular weight is 218 g/mol. The molecular formula is C8H14N2OS2. The first-order valence-electron chi connectivity index (χ1n) is 4.09. The topological polar surface area (TPSA) is 42.0 Å². The summed E-state index contributed by atoms with van der Waals surface area (Å²) in [6.45, 7) is 2.87. The molecule has 0 saturated heterocycles. The molecule has 1 heterocycles. The average Bonchev–Trinajstić information content (AvgIpc) is 2.51. The Kier molecular flexibility index (Phi) is 4.55. The molecule has 0 aliphatic heterocycles. The second kappa shape index (κ2) is 5.47. The van der Waals surface area contributed by atoms with Crippen molar-refractivity contribution in [1.82, 2.24) is 10.3 Å². The molecule has 0 fully saturated rings. The highest BCUT2D eigenvalue weighted by molar-refractivity contribution is 7.84. The lowest BCUT2D eigenvalue weighted by molar-refractivity contribution is 0.591. The zero-order valence-electron chi connectivity index (χ0n) is 7.82. The third kappa shape index (κ3) is 4.50. The molecule has 1 aromatic heterocycles. The van der Waals surface area contributed by atoms with Crippen LogP contribution in [-0.4, -0.2) is 27.2 Å². The summed E-state index contributed by atoms with van der Waals surface area (Å²) in [5.74, 6) is 0.707. The largest absolute Gasteiger partial charge is 0.308 e. The first-order chi connectivity index (χ1) is 6.18. The maximum Gasteiger partial charge on any atom is 0.0794 e. The number of hydrogen-bond acceptors (Lipinski definition) is 4. The van der Waals surface area contributed by atoms with E-state index in [4.69, 9.17) is 0 Å². The van der Waals surface area contributed by atoms with Crippen LogP contribution in [0.1, 0.15) is 11.8 Å². The van der Waals surface area contributed by atoms with Crippen LogP contribution in [0, 0.1) is 0 Å². The highest BCUT2D eigenvalue weighted by Crippen LogP contribution is 2.04. The van der Waals surface area contributed by atoms with Crippen LogP contribution >= 0.6 is 11.3 Å². The van der Waals surface area contributed by atoms with Gasteiger partial charge in [0.15, 0.2) is 0 Å². The Morgan fingerprint density at radius 2 is 2.54 bits per heavy atom. The van der Waals surface area contributed by atoms with E-state index in [1.807, 2.05) is 18.6 Å². The smallest absolute Gasteiger partial charge is 0.0794 e. The van der Waals surface area contributed by atoms with Crippen molar-refractivity contribution in [2.75, 3.05) is 12.0 Å². The molecule has 0 bridgehead atoms. The van der Waals surface area contributed by atoms with E-state index in [1.54, 1.807) is 17.6 Å². The summed E-state index contributed by atoms with van der Waals surface area (Å²) in [6.07, 6.45) is 3.58. The number of thiazole rings is 1. The van der Waals surface area contributed by atoms with Gasteiger partial charge >= 0.3 is 0 Å². The Morgan fingerprint density at radius 1 is 1.77 bits per heavy atom. The van der Waals surface area contributed by atoms with Gasteiger partial charge in [0.25, 0.3) is 0 Å². The summed E-state index contributed by atoms with van der Waals surface area (Å²) in [4.78, 5) is 5.20. The summed E-state index contributed by atoms with van der Waals surface area (Å²) in [5, 5.41) is 3.29.